The summed E-state index contributed by atoms with van der Waals surface area (Å²) in [6, 6.07) is 1.58. The van der Waals surface area contributed by atoms with Crippen molar-refractivity contribution in [1.82, 2.24) is 14.8 Å². The number of carbonyl (C=O) groups excluding carboxylic acids is 1. The molecule has 2 heterocycles. The molecule has 3 rings (SSSR count). The van der Waals surface area contributed by atoms with Crippen LogP contribution in [0.15, 0.2) is 35.4 Å². The Morgan fingerprint density at radius 3 is 2.70 bits per heavy atom. The number of hydrogen-bond donors (Lipinski definition) is 2. The smallest absolute Gasteiger partial charge is 0.341 e. The number of fused-ring (bicyclic) bond motifs is 1. The van der Waals surface area contributed by atoms with Gasteiger partial charge in [-0.15, -0.1) is 0 Å². The number of aromatic nitrogens is 3. The first-order chi connectivity index (χ1) is 12.8. The maximum absolute atomic E-state index is 14.3. The van der Waals surface area contributed by atoms with Crippen molar-refractivity contribution in [2.45, 2.75) is 12.5 Å². The van der Waals surface area contributed by atoms with Crippen molar-refractivity contribution in [3.05, 3.63) is 63.7 Å². The van der Waals surface area contributed by atoms with Gasteiger partial charge in [-0.05, 0) is 6.07 Å². The molecular formula is C17H13F2N3O5. The van der Waals surface area contributed by atoms with Crippen molar-refractivity contribution >= 4 is 11.9 Å². The molecule has 0 aromatic heterocycles. The summed E-state index contributed by atoms with van der Waals surface area (Å²) in [5.74, 6) is -3.85. The second-order valence-electron chi connectivity index (χ2n) is 5.71. The normalized spacial score (nSPS) is 12.1. The minimum Gasteiger partial charge on any atom is -0.481 e. The molecule has 0 radical (unpaired) electrons. The molecule has 140 valence electrons. The first kappa shape index (κ1) is 18.2. The van der Waals surface area contributed by atoms with E-state index in [1.165, 1.54) is 17.0 Å². The highest BCUT2D eigenvalue weighted by Crippen LogP contribution is 2.29. The van der Waals surface area contributed by atoms with E-state index in [4.69, 9.17) is 0 Å². The molecular weight excluding hydrogens is 364 g/mol. The fourth-order valence-electron chi connectivity index (χ4n) is 2.81. The van der Waals surface area contributed by atoms with E-state index in [1.807, 2.05) is 0 Å². The van der Waals surface area contributed by atoms with E-state index in [0.29, 0.717) is 6.07 Å². The highest BCUT2D eigenvalue weighted by atomic mass is 19.1. The third-order valence-corrected chi connectivity index (χ3v) is 4.04. The monoisotopic (exact) mass is 377 g/mol. The van der Waals surface area contributed by atoms with Crippen LogP contribution < -0.4 is 5.56 Å². The van der Waals surface area contributed by atoms with Gasteiger partial charge >= 0.3 is 11.9 Å². The van der Waals surface area contributed by atoms with Crippen LogP contribution in [-0.4, -0.2) is 38.9 Å². The van der Waals surface area contributed by atoms with E-state index in [0.717, 1.165) is 19.2 Å². The second-order valence-corrected chi connectivity index (χ2v) is 5.71. The first-order valence-corrected chi connectivity index (χ1v) is 7.66. The van der Waals surface area contributed by atoms with Crippen molar-refractivity contribution in [2.75, 3.05) is 7.11 Å². The van der Waals surface area contributed by atoms with Crippen molar-refractivity contribution in [3.63, 3.8) is 0 Å². The number of rotatable bonds is 5. The van der Waals surface area contributed by atoms with E-state index in [1.54, 1.807) is 0 Å². The Morgan fingerprint density at radius 1 is 1.33 bits per heavy atom. The molecule has 8 nitrogen and oxygen atoms in total. The van der Waals surface area contributed by atoms with E-state index in [-0.39, 0.29) is 22.4 Å². The van der Waals surface area contributed by atoms with Gasteiger partial charge in [-0.1, -0.05) is 6.07 Å². The van der Waals surface area contributed by atoms with Gasteiger partial charge in [0.15, 0.2) is 0 Å². The van der Waals surface area contributed by atoms with E-state index >= 15 is 0 Å². The number of carbonyl (C=O) groups is 2. The predicted octanol–water partition coefficient (Wildman–Crippen LogP) is 1.81. The number of methoxy groups -OCH3 is 1. The van der Waals surface area contributed by atoms with Gasteiger partial charge < -0.3 is 14.4 Å². The molecule has 2 aliphatic rings. The highest BCUT2D eigenvalue weighted by molar-refractivity contribution is 5.96. The lowest BCUT2D eigenvalue weighted by Gasteiger charge is -2.22. The number of aromatic amines is 1. The summed E-state index contributed by atoms with van der Waals surface area (Å²) in [5, 5.41) is 15.2. The number of nitrogens with zero attached hydrogens (tertiary/aromatic N) is 2. The maximum atomic E-state index is 14.3. The van der Waals surface area contributed by atoms with Gasteiger partial charge in [0.05, 0.1) is 25.1 Å². The Hall–Kier alpha value is -3.56. The van der Waals surface area contributed by atoms with E-state index in [9.17, 15) is 28.3 Å². The number of nitrogens with one attached hydrogen (secondary N) is 1. The molecule has 0 saturated heterocycles. The molecule has 0 spiro atoms. The van der Waals surface area contributed by atoms with Crippen molar-refractivity contribution < 1.29 is 28.2 Å². The number of H-pyrrole nitrogens is 1. The van der Waals surface area contributed by atoms with Crippen LogP contribution >= 0.6 is 0 Å². The second kappa shape index (κ2) is 6.98. The molecule has 0 bridgehead atoms. The average molecular weight is 377 g/mol. The van der Waals surface area contributed by atoms with Crippen LogP contribution in [0, 0.1) is 11.6 Å². The molecule has 0 saturated carbocycles. The van der Waals surface area contributed by atoms with Gasteiger partial charge in [0.2, 0.25) is 0 Å². The fourth-order valence-corrected chi connectivity index (χ4v) is 2.81. The number of aliphatic carboxylic acids is 1. The lowest BCUT2D eigenvalue weighted by atomic mass is 10.0. The third kappa shape index (κ3) is 3.41. The molecule has 27 heavy (non-hydrogen) atoms. The number of hydrogen-bond acceptors (Lipinski definition) is 5. The lowest BCUT2D eigenvalue weighted by Crippen LogP contribution is -2.20. The van der Waals surface area contributed by atoms with E-state index < -0.39 is 41.6 Å². The maximum Gasteiger partial charge on any atom is 0.341 e. The Labute approximate surface area is 150 Å². The highest BCUT2D eigenvalue weighted by Gasteiger charge is 2.27. The number of carboxylic acids is 1. The molecule has 0 amide bonds. The summed E-state index contributed by atoms with van der Waals surface area (Å²) in [4.78, 5) is 35.3. The third-order valence-electron chi connectivity index (χ3n) is 4.04. The number of benzene rings is 1. The lowest BCUT2D eigenvalue weighted by molar-refractivity contribution is -0.137. The van der Waals surface area contributed by atoms with Gasteiger partial charge in [-0.2, -0.15) is 5.10 Å². The zero-order chi connectivity index (χ0) is 19.7. The Bertz CT molecular complexity index is 1060. The van der Waals surface area contributed by atoms with Gasteiger partial charge in [-0.3, -0.25) is 9.59 Å². The van der Waals surface area contributed by atoms with Crippen LogP contribution in [0.2, 0.25) is 0 Å². The summed E-state index contributed by atoms with van der Waals surface area (Å²) in [6.07, 6.45) is 1.89. The largest absolute Gasteiger partial charge is 0.481 e. The molecule has 1 aromatic carbocycles. The summed E-state index contributed by atoms with van der Waals surface area (Å²) < 4.78 is 33.4. The predicted molar refractivity (Wildman–Crippen MR) is 87.6 cm³/mol. The van der Waals surface area contributed by atoms with Gasteiger partial charge in [0, 0.05) is 24.0 Å². The quantitative estimate of drug-likeness (QED) is 0.656. The summed E-state index contributed by atoms with van der Waals surface area (Å²) in [6.45, 7) is 0. The zero-order valence-corrected chi connectivity index (χ0v) is 13.9. The minimum atomic E-state index is -1.26. The molecule has 1 aromatic rings. The first-order valence-electron chi connectivity index (χ1n) is 7.66. The number of halogens is 2. The van der Waals surface area contributed by atoms with Crippen LogP contribution in [0.3, 0.4) is 0 Å². The summed E-state index contributed by atoms with van der Waals surface area (Å²) in [7, 11) is 1.13. The zero-order valence-electron chi connectivity index (χ0n) is 13.9. The standard InChI is InChI=1S/C17H13F2N3O5/c1-27-17(26)11-7-22(6-10-15(11)20-21-16(10)25)13(5-14(23)24)9-3-2-8(18)4-12(9)19/h2-4,6-7,13H,5H2,1H3,(H,21,25)(H,23,24). The van der Waals surface area contributed by atoms with Crippen LogP contribution in [-0.2, 0) is 9.53 Å². The topological polar surface area (TPSA) is 114 Å². The number of pyridine rings is 1. The molecule has 2 aliphatic heterocycles. The summed E-state index contributed by atoms with van der Waals surface area (Å²) >= 11 is 0. The number of ether oxygens (including phenoxy) is 1. The average Bonchev–Trinajstić information content (AvgIpc) is 2.99. The minimum absolute atomic E-state index is 0.00388. The van der Waals surface area contributed by atoms with Crippen molar-refractivity contribution in [1.29, 1.82) is 0 Å². The number of carboxylic acid groups (broad SMARTS) is 1. The number of esters is 1. The summed E-state index contributed by atoms with van der Waals surface area (Å²) in [5.41, 5.74) is -0.799. The van der Waals surface area contributed by atoms with Crippen LogP contribution in [0.4, 0.5) is 8.78 Å². The molecule has 10 heteroatoms. The van der Waals surface area contributed by atoms with Gasteiger partial charge in [0.25, 0.3) is 5.56 Å². The van der Waals surface area contributed by atoms with Crippen LogP contribution in [0.25, 0.3) is 11.3 Å². The molecule has 1 unspecified atom stereocenters. The Kier molecular flexibility index (Phi) is 4.72. The molecule has 1 atom stereocenters. The van der Waals surface area contributed by atoms with E-state index in [2.05, 4.69) is 14.9 Å². The molecule has 2 N–H and O–H groups in total. The Balaban J connectivity index is 2.25. The SMILES string of the molecule is COC(=O)c1cn(C(CC(=O)O)c2ccc(F)cc2F)cc2c(=O)[nH]nc1-2. The van der Waals surface area contributed by atoms with Gasteiger partial charge in [0.1, 0.15) is 22.9 Å². The Morgan fingerprint density at radius 2 is 2.07 bits per heavy atom. The molecule has 0 aliphatic carbocycles. The fraction of sp³-hybridized carbons (Fsp3) is 0.176. The molecule has 0 fully saturated rings. The van der Waals surface area contributed by atoms with Crippen molar-refractivity contribution in [2.24, 2.45) is 0 Å². The van der Waals surface area contributed by atoms with Crippen LogP contribution in [0.5, 0.6) is 0 Å². The van der Waals surface area contributed by atoms with Crippen LogP contribution in [0.1, 0.15) is 28.4 Å². The van der Waals surface area contributed by atoms with Gasteiger partial charge in [-0.25, -0.2) is 18.7 Å². The van der Waals surface area contributed by atoms with Crippen molar-refractivity contribution in [3.8, 4) is 11.3 Å².